The molecule has 1 aromatic rings. The first-order chi connectivity index (χ1) is 7.69. The quantitative estimate of drug-likeness (QED) is 0.609. The molecule has 0 aromatic heterocycles. The summed E-state index contributed by atoms with van der Waals surface area (Å²) in [7, 11) is 0. The molecule has 86 valence electrons. The van der Waals surface area contributed by atoms with Gasteiger partial charge in [0.2, 0.25) is 0 Å². The van der Waals surface area contributed by atoms with Gasteiger partial charge in [0.1, 0.15) is 5.75 Å². The van der Waals surface area contributed by atoms with Gasteiger partial charge in [0.25, 0.3) is 0 Å². The number of benzene rings is 1. The molecule has 0 saturated carbocycles. The van der Waals surface area contributed by atoms with E-state index in [2.05, 4.69) is 22.0 Å². The minimum absolute atomic E-state index is 0.697. The van der Waals surface area contributed by atoms with Gasteiger partial charge >= 0.3 is 0 Å². The van der Waals surface area contributed by atoms with Gasteiger partial charge in [0, 0.05) is 5.33 Å². The molecule has 0 aliphatic carbocycles. The number of rotatable bonds is 5. The van der Waals surface area contributed by atoms with Gasteiger partial charge in [0.05, 0.1) is 18.2 Å². The number of hydrogen-bond acceptors (Lipinski definition) is 2. The third-order valence-electron chi connectivity index (χ3n) is 2.36. The lowest BCUT2D eigenvalue weighted by Crippen LogP contribution is -2.01. The standard InChI is InChI=1S/C13H16BrNO/c1-10-7-12(9-15)8-11(2)13(10)16-6-4-3-5-14/h7-8H,3-6H2,1-2H3. The number of halogens is 1. The number of alkyl halides is 1. The fraction of sp³-hybridized carbons (Fsp3) is 0.462. The Morgan fingerprint density at radius 2 is 1.88 bits per heavy atom. The molecule has 0 heterocycles. The van der Waals surface area contributed by atoms with Crippen molar-refractivity contribution in [1.29, 1.82) is 5.26 Å². The number of hydrogen-bond donors (Lipinski definition) is 0. The highest BCUT2D eigenvalue weighted by Crippen LogP contribution is 2.24. The molecular weight excluding hydrogens is 266 g/mol. The summed E-state index contributed by atoms with van der Waals surface area (Å²) >= 11 is 3.39. The van der Waals surface area contributed by atoms with Crippen LogP contribution in [0.25, 0.3) is 0 Å². The zero-order valence-corrected chi connectivity index (χ0v) is 11.3. The van der Waals surface area contributed by atoms with E-state index in [4.69, 9.17) is 10.00 Å². The third-order valence-corrected chi connectivity index (χ3v) is 2.92. The molecule has 0 aliphatic heterocycles. The normalized spacial score (nSPS) is 9.88. The lowest BCUT2D eigenvalue weighted by atomic mass is 10.1. The van der Waals surface area contributed by atoms with E-state index in [1.807, 2.05) is 26.0 Å². The number of unbranched alkanes of at least 4 members (excludes halogenated alkanes) is 1. The Hall–Kier alpha value is -1.01. The van der Waals surface area contributed by atoms with Crippen LogP contribution < -0.4 is 4.74 Å². The minimum atomic E-state index is 0.697. The van der Waals surface area contributed by atoms with Crippen molar-refractivity contribution in [1.82, 2.24) is 0 Å². The summed E-state index contributed by atoms with van der Waals surface area (Å²) in [6.07, 6.45) is 2.17. The van der Waals surface area contributed by atoms with Crippen LogP contribution in [-0.4, -0.2) is 11.9 Å². The molecule has 16 heavy (non-hydrogen) atoms. The number of nitriles is 1. The molecule has 0 spiro atoms. The molecule has 0 fully saturated rings. The summed E-state index contributed by atoms with van der Waals surface area (Å²) in [4.78, 5) is 0. The van der Waals surface area contributed by atoms with Crippen LogP contribution in [0.2, 0.25) is 0 Å². The van der Waals surface area contributed by atoms with Gasteiger partial charge in [-0.25, -0.2) is 0 Å². The van der Waals surface area contributed by atoms with E-state index < -0.39 is 0 Å². The second-order valence-electron chi connectivity index (χ2n) is 3.80. The van der Waals surface area contributed by atoms with Crippen molar-refractivity contribution >= 4 is 15.9 Å². The maximum absolute atomic E-state index is 8.83. The van der Waals surface area contributed by atoms with Gasteiger partial charge in [-0.2, -0.15) is 5.26 Å². The van der Waals surface area contributed by atoms with Gasteiger partial charge < -0.3 is 4.74 Å². The van der Waals surface area contributed by atoms with Crippen molar-refractivity contribution in [3.63, 3.8) is 0 Å². The highest BCUT2D eigenvalue weighted by Gasteiger charge is 2.05. The zero-order chi connectivity index (χ0) is 12.0. The SMILES string of the molecule is Cc1cc(C#N)cc(C)c1OCCCCBr. The summed E-state index contributed by atoms with van der Waals surface area (Å²) in [5.74, 6) is 0.925. The summed E-state index contributed by atoms with van der Waals surface area (Å²) in [6, 6.07) is 5.89. The van der Waals surface area contributed by atoms with Crippen LogP contribution in [0.3, 0.4) is 0 Å². The van der Waals surface area contributed by atoms with Gasteiger partial charge in [-0.15, -0.1) is 0 Å². The predicted octanol–water partition coefficient (Wildman–Crippen LogP) is 3.73. The van der Waals surface area contributed by atoms with Crippen LogP contribution in [0.5, 0.6) is 5.75 Å². The van der Waals surface area contributed by atoms with E-state index in [0.29, 0.717) is 5.56 Å². The first kappa shape index (κ1) is 13.1. The first-order valence-electron chi connectivity index (χ1n) is 5.39. The van der Waals surface area contributed by atoms with Crippen LogP contribution in [0.1, 0.15) is 29.5 Å². The maximum Gasteiger partial charge on any atom is 0.125 e. The van der Waals surface area contributed by atoms with E-state index >= 15 is 0 Å². The molecule has 0 amide bonds. The second kappa shape index (κ2) is 6.55. The molecule has 0 radical (unpaired) electrons. The summed E-state index contributed by atoms with van der Waals surface area (Å²) < 4.78 is 5.74. The fourth-order valence-corrected chi connectivity index (χ4v) is 2.01. The summed E-state index contributed by atoms with van der Waals surface area (Å²) in [5.41, 5.74) is 2.77. The Bertz CT molecular complexity index is 372. The van der Waals surface area contributed by atoms with E-state index in [9.17, 15) is 0 Å². The van der Waals surface area contributed by atoms with E-state index in [-0.39, 0.29) is 0 Å². The Labute approximate surface area is 105 Å². The number of ether oxygens (including phenoxy) is 1. The van der Waals surface area contributed by atoms with Crippen molar-refractivity contribution < 1.29 is 4.74 Å². The fourth-order valence-electron chi connectivity index (χ4n) is 1.61. The number of aryl methyl sites for hydroxylation is 2. The van der Waals surface area contributed by atoms with E-state index in [1.165, 1.54) is 0 Å². The molecule has 0 unspecified atom stereocenters. The molecule has 3 heteroatoms. The van der Waals surface area contributed by atoms with Gasteiger partial charge in [-0.1, -0.05) is 15.9 Å². The zero-order valence-electron chi connectivity index (χ0n) is 9.72. The lowest BCUT2D eigenvalue weighted by molar-refractivity contribution is 0.306. The molecule has 0 aliphatic rings. The Morgan fingerprint density at radius 1 is 1.25 bits per heavy atom. The van der Waals surface area contributed by atoms with Crippen molar-refractivity contribution in [3.05, 3.63) is 28.8 Å². The summed E-state index contributed by atoms with van der Waals surface area (Å²) in [6.45, 7) is 4.69. The molecule has 0 bridgehead atoms. The Balaban J connectivity index is 2.70. The van der Waals surface area contributed by atoms with E-state index in [0.717, 1.165) is 41.7 Å². The molecule has 1 aromatic carbocycles. The maximum atomic E-state index is 8.83. The molecular formula is C13H16BrNO. The van der Waals surface area contributed by atoms with Crippen LogP contribution in [-0.2, 0) is 0 Å². The average molecular weight is 282 g/mol. The molecule has 2 nitrogen and oxygen atoms in total. The van der Waals surface area contributed by atoms with Crippen molar-refractivity contribution in [2.75, 3.05) is 11.9 Å². The monoisotopic (exact) mass is 281 g/mol. The second-order valence-corrected chi connectivity index (χ2v) is 4.59. The largest absolute Gasteiger partial charge is 0.493 e. The molecule has 0 atom stereocenters. The third kappa shape index (κ3) is 3.53. The minimum Gasteiger partial charge on any atom is -0.493 e. The lowest BCUT2D eigenvalue weighted by Gasteiger charge is -2.12. The Kier molecular flexibility index (Phi) is 5.34. The van der Waals surface area contributed by atoms with Crippen LogP contribution in [0.15, 0.2) is 12.1 Å². The predicted molar refractivity (Wildman–Crippen MR) is 69.2 cm³/mol. The van der Waals surface area contributed by atoms with Crippen LogP contribution >= 0.6 is 15.9 Å². The molecule has 1 rings (SSSR count). The van der Waals surface area contributed by atoms with Crippen molar-refractivity contribution in [2.45, 2.75) is 26.7 Å². The first-order valence-corrected chi connectivity index (χ1v) is 6.51. The summed E-state index contributed by atoms with van der Waals surface area (Å²) in [5, 5.41) is 9.84. The van der Waals surface area contributed by atoms with Crippen LogP contribution in [0, 0.1) is 25.2 Å². The molecule has 0 saturated heterocycles. The Morgan fingerprint density at radius 3 is 2.38 bits per heavy atom. The van der Waals surface area contributed by atoms with Crippen molar-refractivity contribution in [2.24, 2.45) is 0 Å². The van der Waals surface area contributed by atoms with Crippen LogP contribution in [0.4, 0.5) is 0 Å². The topological polar surface area (TPSA) is 33.0 Å². The highest BCUT2D eigenvalue weighted by molar-refractivity contribution is 9.09. The smallest absolute Gasteiger partial charge is 0.125 e. The van der Waals surface area contributed by atoms with Gasteiger partial charge in [-0.05, 0) is 49.9 Å². The number of nitrogens with zero attached hydrogens (tertiary/aromatic N) is 1. The van der Waals surface area contributed by atoms with Gasteiger partial charge in [0.15, 0.2) is 0 Å². The molecule has 0 N–H and O–H groups in total. The van der Waals surface area contributed by atoms with E-state index in [1.54, 1.807) is 0 Å². The van der Waals surface area contributed by atoms with Gasteiger partial charge in [-0.3, -0.25) is 0 Å². The average Bonchev–Trinajstić information content (AvgIpc) is 2.26. The highest BCUT2D eigenvalue weighted by atomic mass is 79.9. The van der Waals surface area contributed by atoms with Crippen molar-refractivity contribution in [3.8, 4) is 11.8 Å².